The Morgan fingerprint density at radius 3 is 2.11 bits per heavy atom. The van der Waals surface area contributed by atoms with E-state index >= 15 is 0 Å². The summed E-state index contributed by atoms with van der Waals surface area (Å²) in [6.45, 7) is 3.06. The number of sulfone groups is 1. The van der Waals surface area contributed by atoms with Crippen LogP contribution in [0.3, 0.4) is 0 Å². The van der Waals surface area contributed by atoms with E-state index in [1.807, 2.05) is 35.2 Å². The second-order valence-corrected chi connectivity index (χ2v) is 8.47. The van der Waals surface area contributed by atoms with Crippen molar-refractivity contribution in [2.45, 2.75) is 9.92 Å². The molecule has 0 aliphatic carbocycles. The highest BCUT2D eigenvalue weighted by atomic mass is 32.2. The fraction of sp³-hybridized carbons (Fsp3) is 0.250. The van der Waals surface area contributed by atoms with E-state index in [1.165, 1.54) is 0 Å². The maximum Gasteiger partial charge on any atom is 0.236 e. The molecule has 0 unspecified atom stereocenters. The van der Waals surface area contributed by atoms with Gasteiger partial charge in [-0.25, -0.2) is 8.42 Å². The van der Waals surface area contributed by atoms with Crippen LogP contribution in [-0.2, 0) is 9.84 Å². The van der Waals surface area contributed by atoms with Crippen LogP contribution < -0.4 is 4.90 Å². The van der Waals surface area contributed by atoms with Crippen LogP contribution in [0.1, 0.15) is 0 Å². The molecule has 4 rings (SSSR count). The van der Waals surface area contributed by atoms with Gasteiger partial charge >= 0.3 is 0 Å². The van der Waals surface area contributed by atoms with Gasteiger partial charge in [0.25, 0.3) is 0 Å². The molecular weight excluding hydrogens is 362 g/mol. The van der Waals surface area contributed by atoms with Crippen LogP contribution in [0.5, 0.6) is 0 Å². The van der Waals surface area contributed by atoms with Crippen LogP contribution in [0.2, 0.25) is 0 Å². The van der Waals surface area contributed by atoms with Gasteiger partial charge in [-0.2, -0.15) is 4.98 Å². The molecule has 1 aliphatic rings. The number of benzene rings is 2. The van der Waals surface area contributed by atoms with Gasteiger partial charge in [0.2, 0.25) is 26.6 Å². The average Bonchev–Trinajstić information content (AvgIpc) is 3.16. The van der Waals surface area contributed by atoms with Gasteiger partial charge in [-0.3, -0.25) is 0 Å². The van der Waals surface area contributed by atoms with E-state index in [2.05, 4.69) is 16.9 Å². The van der Waals surface area contributed by atoms with Gasteiger partial charge in [0.05, 0.1) is 4.90 Å². The van der Waals surface area contributed by atoms with Crippen molar-refractivity contribution in [3.63, 3.8) is 0 Å². The molecule has 0 spiro atoms. The lowest BCUT2D eigenvalue weighted by molar-refractivity contribution is 0.305. The monoisotopic (exact) mass is 383 g/mol. The number of oxazole rings is 1. The van der Waals surface area contributed by atoms with Gasteiger partial charge in [-0.1, -0.05) is 36.4 Å². The summed E-state index contributed by atoms with van der Waals surface area (Å²) < 4.78 is 32.5. The minimum absolute atomic E-state index is 0.0166. The van der Waals surface area contributed by atoms with E-state index in [-0.39, 0.29) is 9.92 Å². The number of anilines is 1. The van der Waals surface area contributed by atoms with Crippen LogP contribution in [0.25, 0.3) is 11.5 Å². The number of hydrogen-bond donors (Lipinski definition) is 0. The highest BCUT2D eigenvalue weighted by Crippen LogP contribution is 2.34. The zero-order chi connectivity index (χ0) is 18.9. The predicted molar refractivity (Wildman–Crippen MR) is 104 cm³/mol. The summed E-state index contributed by atoms with van der Waals surface area (Å²) in [5, 5.41) is -0.0166. The highest BCUT2D eigenvalue weighted by molar-refractivity contribution is 7.91. The Bertz CT molecular complexity index is 1010. The Morgan fingerprint density at radius 2 is 1.48 bits per heavy atom. The van der Waals surface area contributed by atoms with Gasteiger partial charge in [0.15, 0.2) is 0 Å². The molecule has 0 radical (unpaired) electrons. The summed E-state index contributed by atoms with van der Waals surface area (Å²) in [5.74, 6) is 0.643. The fourth-order valence-electron chi connectivity index (χ4n) is 3.10. The van der Waals surface area contributed by atoms with Crippen LogP contribution in [0.15, 0.2) is 75.0 Å². The Morgan fingerprint density at radius 1 is 0.889 bits per heavy atom. The van der Waals surface area contributed by atoms with Gasteiger partial charge in [-0.05, 0) is 31.3 Å². The molecule has 140 valence electrons. The van der Waals surface area contributed by atoms with Crippen LogP contribution in [0.4, 0.5) is 5.88 Å². The highest BCUT2D eigenvalue weighted by Gasteiger charge is 2.32. The Hall–Kier alpha value is -2.64. The zero-order valence-corrected chi connectivity index (χ0v) is 15.9. The first-order valence-electron chi connectivity index (χ1n) is 8.85. The Labute approximate surface area is 159 Å². The summed E-state index contributed by atoms with van der Waals surface area (Å²) in [7, 11) is -1.73. The van der Waals surface area contributed by atoms with Crippen molar-refractivity contribution >= 4 is 15.7 Å². The van der Waals surface area contributed by atoms with Crippen LogP contribution >= 0.6 is 0 Å². The quantitative estimate of drug-likeness (QED) is 0.690. The molecule has 1 saturated heterocycles. The minimum atomic E-state index is -3.78. The summed E-state index contributed by atoms with van der Waals surface area (Å²) in [6, 6.07) is 17.7. The van der Waals surface area contributed by atoms with E-state index in [0.717, 1.165) is 18.7 Å². The maximum atomic E-state index is 13.2. The molecule has 7 heteroatoms. The normalized spacial score (nSPS) is 15.8. The fourth-order valence-corrected chi connectivity index (χ4v) is 4.44. The van der Waals surface area contributed by atoms with Crippen molar-refractivity contribution in [3.8, 4) is 11.5 Å². The van der Waals surface area contributed by atoms with Gasteiger partial charge in [0, 0.05) is 31.7 Å². The topological polar surface area (TPSA) is 66.7 Å². The summed E-state index contributed by atoms with van der Waals surface area (Å²) in [4.78, 5) is 8.80. The maximum absolute atomic E-state index is 13.2. The molecule has 0 amide bonds. The van der Waals surface area contributed by atoms with E-state index in [1.54, 1.807) is 30.3 Å². The van der Waals surface area contributed by atoms with Crippen molar-refractivity contribution in [2.75, 3.05) is 38.1 Å². The molecule has 2 heterocycles. The SMILES string of the molecule is CN1CCN(c2oc(-c3ccccc3)nc2S(=O)(=O)c2ccccc2)CC1. The number of piperazine rings is 1. The molecule has 6 nitrogen and oxygen atoms in total. The molecule has 2 aromatic carbocycles. The predicted octanol–water partition coefficient (Wildman–Crippen LogP) is 2.93. The van der Waals surface area contributed by atoms with Crippen molar-refractivity contribution in [1.82, 2.24) is 9.88 Å². The second-order valence-electron chi connectivity index (χ2n) is 6.60. The lowest BCUT2D eigenvalue weighted by Gasteiger charge is -2.32. The lowest BCUT2D eigenvalue weighted by atomic mass is 10.2. The standard InChI is InChI=1S/C20H21N3O3S/c1-22-12-14-23(15-13-22)20-19(27(24,25)17-10-6-3-7-11-17)21-18(26-20)16-8-4-2-5-9-16/h2-11H,12-15H2,1H3. The van der Waals surface area contributed by atoms with Crippen molar-refractivity contribution in [2.24, 2.45) is 0 Å². The Kier molecular flexibility index (Phi) is 4.72. The lowest BCUT2D eigenvalue weighted by Crippen LogP contribution is -2.44. The molecular formula is C20H21N3O3S. The van der Waals surface area contributed by atoms with Crippen LogP contribution in [-0.4, -0.2) is 51.5 Å². The Balaban J connectivity index is 1.83. The van der Waals surface area contributed by atoms with Gasteiger partial charge < -0.3 is 14.2 Å². The molecule has 27 heavy (non-hydrogen) atoms. The largest absolute Gasteiger partial charge is 0.419 e. The number of nitrogens with zero attached hydrogens (tertiary/aromatic N) is 3. The van der Waals surface area contributed by atoms with Crippen LogP contribution in [0, 0.1) is 0 Å². The number of hydrogen-bond acceptors (Lipinski definition) is 6. The zero-order valence-electron chi connectivity index (χ0n) is 15.1. The first-order valence-corrected chi connectivity index (χ1v) is 10.3. The number of likely N-dealkylation sites (N-methyl/N-ethyl adjacent to an activating group) is 1. The third-order valence-electron chi connectivity index (χ3n) is 4.70. The average molecular weight is 383 g/mol. The van der Waals surface area contributed by atoms with Gasteiger partial charge in [0.1, 0.15) is 0 Å². The molecule has 0 atom stereocenters. The first-order chi connectivity index (χ1) is 13.1. The van der Waals surface area contributed by atoms with E-state index in [0.29, 0.717) is 24.9 Å². The summed E-state index contributed by atoms with van der Waals surface area (Å²) in [6.07, 6.45) is 0. The molecule has 1 aliphatic heterocycles. The number of rotatable bonds is 4. The van der Waals surface area contributed by atoms with Gasteiger partial charge in [-0.15, -0.1) is 0 Å². The number of aromatic nitrogens is 1. The van der Waals surface area contributed by atoms with E-state index in [4.69, 9.17) is 4.42 Å². The van der Waals surface area contributed by atoms with Crippen molar-refractivity contribution in [1.29, 1.82) is 0 Å². The summed E-state index contributed by atoms with van der Waals surface area (Å²) in [5.41, 5.74) is 0.752. The second kappa shape index (κ2) is 7.17. The third kappa shape index (κ3) is 3.48. The molecule has 0 saturated carbocycles. The molecule has 0 N–H and O–H groups in total. The smallest absolute Gasteiger partial charge is 0.236 e. The van der Waals surface area contributed by atoms with E-state index in [9.17, 15) is 8.42 Å². The van der Waals surface area contributed by atoms with Crippen molar-refractivity contribution < 1.29 is 12.8 Å². The minimum Gasteiger partial charge on any atom is -0.419 e. The molecule has 0 bridgehead atoms. The van der Waals surface area contributed by atoms with Crippen molar-refractivity contribution in [3.05, 3.63) is 60.7 Å². The first kappa shape index (κ1) is 17.8. The summed E-state index contributed by atoms with van der Waals surface area (Å²) >= 11 is 0. The third-order valence-corrected chi connectivity index (χ3v) is 6.37. The molecule has 1 aromatic heterocycles. The van der Waals surface area contributed by atoms with E-state index < -0.39 is 9.84 Å². The molecule has 1 fully saturated rings. The molecule has 3 aromatic rings.